The van der Waals surface area contributed by atoms with E-state index in [2.05, 4.69) is 34.9 Å². The van der Waals surface area contributed by atoms with Crippen molar-refractivity contribution in [2.45, 2.75) is 32.4 Å². The molecule has 2 N–H and O–H groups in total. The first-order valence-corrected chi connectivity index (χ1v) is 7.38. The number of nitrogens with two attached hydrogens (primary N) is 1. The Morgan fingerprint density at radius 1 is 1.37 bits per heavy atom. The molecule has 19 heavy (non-hydrogen) atoms. The molecule has 1 aromatic carbocycles. The van der Waals surface area contributed by atoms with Crippen molar-refractivity contribution < 1.29 is 0 Å². The maximum Gasteiger partial charge on any atom is 0.0643 e. The molecule has 0 aliphatic carbocycles. The van der Waals surface area contributed by atoms with Crippen LogP contribution in [-0.4, -0.2) is 9.78 Å². The summed E-state index contributed by atoms with van der Waals surface area (Å²) in [7, 11) is 0. The summed E-state index contributed by atoms with van der Waals surface area (Å²) in [4.78, 5) is 0. The maximum absolute atomic E-state index is 6.22. The molecule has 1 atom stereocenters. The summed E-state index contributed by atoms with van der Waals surface area (Å²) < 4.78 is 2.88. The average Bonchev–Trinajstić information content (AvgIpc) is 2.76. The molecule has 1 aromatic heterocycles. The quantitative estimate of drug-likeness (QED) is 0.908. The van der Waals surface area contributed by atoms with Gasteiger partial charge in [-0.05, 0) is 43.7 Å². The van der Waals surface area contributed by atoms with Crippen molar-refractivity contribution >= 4 is 27.5 Å². The number of hydrogen-bond acceptors (Lipinski definition) is 2. The molecule has 0 spiro atoms. The predicted molar refractivity (Wildman–Crippen MR) is 82.4 cm³/mol. The first-order chi connectivity index (χ1) is 8.95. The van der Waals surface area contributed by atoms with Crippen LogP contribution in [0.4, 0.5) is 0 Å². The van der Waals surface area contributed by atoms with E-state index in [1.54, 1.807) is 0 Å². The van der Waals surface area contributed by atoms with Crippen LogP contribution in [0, 0.1) is 0 Å². The average molecular weight is 343 g/mol. The standard InChI is InChI=1S/C14H17BrClN3/c1-9(2)19-4-3-13(18-19)8-14(17)10-5-11(15)7-12(16)6-10/h3-7,9,14H,8,17H2,1-2H3. The summed E-state index contributed by atoms with van der Waals surface area (Å²) in [5.41, 5.74) is 8.23. The Kier molecular flexibility index (Phi) is 4.66. The number of rotatable bonds is 4. The predicted octanol–water partition coefficient (Wildman–Crippen LogP) is 4.12. The lowest BCUT2D eigenvalue weighted by Gasteiger charge is -2.12. The van der Waals surface area contributed by atoms with Crippen LogP contribution in [0.25, 0.3) is 0 Å². The first kappa shape index (κ1) is 14.6. The number of nitrogens with zero attached hydrogens (tertiary/aromatic N) is 2. The lowest BCUT2D eigenvalue weighted by Crippen LogP contribution is -2.14. The zero-order valence-corrected chi connectivity index (χ0v) is 13.3. The van der Waals surface area contributed by atoms with Crippen LogP contribution < -0.4 is 5.73 Å². The van der Waals surface area contributed by atoms with Gasteiger partial charge >= 0.3 is 0 Å². The molecule has 5 heteroatoms. The topological polar surface area (TPSA) is 43.8 Å². The molecular weight excluding hydrogens is 326 g/mol. The van der Waals surface area contributed by atoms with E-state index in [-0.39, 0.29) is 6.04 Å². The van der Waals surface area contributed by atoms with E-state index in [0.29, 0.717) is 17.5 Å². The molecule has 1 heterocycles. The fraction of sp³-hybridized carbons (Fsp3) is 0.357. The van der Waals surface area contributed by atoms with Crippen molar-refractivity contribution in [2.24, 2.45) is 5.73 Å². The highest BCUT2D eigenvalue weighted by molar-refractivity contribution is 9.10. The van der Waals surface area contributed by atoms with Crippen LogP contribution >= 0.6 is 27.5 Å². The van der Waals surface area contributed by atoms with E-state index in [0.717, 1.165) is 15.7 Å². The number of hydrogen-bond donors (Lipinski definition) is 1. The SMILES string of the molecule is CC(C)n1ccc(CC(N)c2cc(Cl)cc(Br)c2)n1. The van der Waals surface area contributed by atoms with E-state index in [9.17, 15) is 0 Å². The molecule has 102 valence electrons. The highest BCUT2D eigenvalue weighted by Gasteiger charge is 2.11. The Balaban J connectivity index is 2.13. The van der Waals surface area contributed by atoms with Crippen molar-refractivity contribution in [3.8, 4) is 0 Å². The monoisotopic (exact) mass is 341 g/mol. The van der Waals surface area contributed by atoms with Crippen LogP contribution in [0.2, 0.25) is 5.02 Å². The summed E-state index contributed by atoms with van der Waals surface area (Å²) in [6.07, 6.45) is 2.69. The molecule has 0 saturated heterocycles. The third-order valence-electron chi connectivity index (χ3n) is 2.93. The van der Waals surface area contributed by atoms with E-state index in [1.807, 2.05) is 35.1 Å². The summed E-state index contributed by atoms with van der Waals surface area (Å²) in [5, 5.41) is 5.20. The minimum atomic E-state index is -0.106. The van der Waals surface area contributed by atoms with Crippen molar-refractivity contribution in [2.75, 3.05) is 0 Å². The molecule has 2 rings (SSSR count). The van der Waals surface area contributed by atoms with Crippen LogP contribution in [-0.2, 0) is 6.42 Å². The van der Waals surface area contributed by atoms with Gasteiger partial charge in [-0.15, -0.1) is 0 Å². The third kappa shape index (κ3) is 3.81. The minimum Gasteiger partial charge on any atom is -0.324 e. The molecule has 1 unspecified atom stereocenters. The van der Waals surface area contributed by atoms with E-state index in [4.69, 9.17) is 17.3 Å². The van der Waals surface area contributed by atoms with Crippen molar-refractivity contribution in [3.63, 3.8) is 0 Å². The molecule has 0 fully saturated rings. The van der Waals surface area contributed by atoms with Gasteiger partial charge in [0.05, 0.1) is 5.69 Å². The lowest BCUT2D eigenvalue weighted by atomic mass is 10.0. The number of aromatic nitrogens is 2. The Morgan fingerprint density at radius 3 is 2.68 bits per heavy atom. The summed E-state index contributed by atoms with van der Waals surface area (Å²) >= 11 is 9.47. The zero-order chi connectivity index (χ0) is 14.0. The largest absolute Gasteiger partial charge is 0.324 e. The molecule has 0 amide bonds. The second kappa shape index (κ2) is 6.07. The first-order valence-electron chi connectivity index (χ1n) is 6.21. The molecule has 0 bridgehead atoms. The summed E-state index contributed by atoms with van der Waals surface area (Å²) in [6, 6.07) is 8.02. The van der Waals surface area contributed by atoms with Crippen molar-refractivity contribution in [3.05, 3.63) is 51.2 Å². The molecule has 2 aromatic rings. The summed E-state index contributed by atoms with van der Waals surface area (Å²) in [5.74, 6) is 0. The molecule has 0 saturated carbocycles. The van der Waals surface area contributed by atoms with Crippen molar-refractivity contribution in [1.82, 2.24) is 9.78 Å². The fourth-order valence-corrected chi connectivity index (χ4v) is 2.79. The Bertz CT molecular complexity index is 545. The van der Waals surface area contributed by atoms with Crippen LogP contribution in [0.15, 0.2) is 34.9 Å². The Morgan fingerprint density at radius 2 is 2.11 bits per heavy atom. The second-order valence-electron chi connectivity index (χ2n) is 4.89. The van der Waals surface area contributed by atoms with Gasteiger partial charge in [0.25, 0.3) is 0 Å². The molecule has 0 radical (unpaired) electrons. The zero-order valence-electron chi connectivity index (χ0n) is 11.0. The van der Waals surface area contributed by atoms with Gasteiger partial charge in [0.1, 0.15) is 0 Å². The van der Waals surface area contributed by atoms with Crippen LogP contribution in [0.3, 0.4) is 0 Å². The minimum absolute atomic E-state index is 0.106. The van der Waals surface area contributed by atoms with Crippen LogP contribution in [0.1, 0.15) is 37.2 Å². The van der Waals surface area contributed by atoms with Gasteiger partial charge in [-0.25, -0.2) is 0 Å². The lowest BCUT2D eigenvalue weighted by molar-refractivity contribution is 0.522. The summed E-state index contributed by atoms with van der Waals surface area (Å²) in [6.45, 7) is 4.20. The number of halogens is 2. The van der Waals surface area contributed by atoms with E-state index >= 15 is 0 Å². The maximum atomic E-state index is 6.22. The van der Waals surface area contributed by atoms with Gasteiger partial charge in [-0.2, -0.15) is 5.10 Å². The molecule has 0 aliphatic rings. The molecule has 3 nitrogen and oxygen atoms in total. The van der Waals surface area contributed by atoms with Gasteiger partial charge in [0.15, 0.2) is 0 Å². The van der Waals surface area contributed by atoms with Gasteiger partial charge in [-0.1, -0.05) is 27.5 Å². The molecular formula is C14H17BrClN3. The van der Waals surface area contributed by atoms with E-state index < -0.39 is 0 Å². The van der Waals surface area contributed by atoms with Gasteiger partial charge in [0, 0.05) is 34.2 Å². The van der Waals surface area contributed by atoms with E-state index in [1.165, 1.54) is 0 Å². The molecule has 0 aliphatic heterocycles. The Hall–Kier alpha value is -0.840. The highest BCUT2D eigenvalue weighted by atomic mass is 79.9. The second-order valence-corrected chi connectivity index (χ2v) is 6.25. The normalized spacial score (nSPS) is 12.9. The highest BCUT2D eigenvalue weighted by Crippen LogP contribution is 2.24. The van der Waals surface area contributed by atoms with Crippen molar-refractivity contribution in [1.29, 1.82) is 0 Å². The number of benzene rings is 1. The fourth-order valence-electron chi connectivity index (χ4n) is 1.91. The van der Waals surface area contributed by atoms with Crippen LogP contribution in [0.5, 0.6) is 0 Å². The van der Waals surface area contributed by atoms with Gasteiger partial charge in [0.2, 0.25) is 0 Å². The Labute approximate surface area is 126 Å². The third-order valence-corrected chi connectivity index (χ3v) is 3.61. The van der Waals surface area contributed by atoms with Gasteiger partial charge in [-0.3, -0.25) is 4.68 Å². The smallest absolute Gasteiger partial charge is 0.0643 e. The van der Waals surface area contributed by atoms with Gasteiger partial charge < -0.3 is 5.73 Å².